The molecular formula is C76H93N. The molecule has 0 heterocycles. The lowest BCUT2D eigenvalue weighted by Gasteiger charge is -2.44. The summed E-state index contributed by atoms with van der Waals surface area (Å²) in [7, 11) is 0. The molecule has 0 radical (unpaired) electrons. The first-order valence-corrected chi connectivity index (χ1v) is 28.8. The van der Waals surface area contributed by atoms with Crippen LogP contribution in [0.5, 0.6) is 0 Å². The van der Waals surface area contributed by atoms with E-state index in [4.69, 9.17) is 5.73 Å². The Morgan fingerprint density at radius 1 is 0.506 bits per heavy atom. The van der Waals surface area contributed by atoms with Crippen molar-refractivity contribution in [1.82, 2.24) is 0 Å². The van der Waals surface area contributed by atoms with E-state index in [1.165, 1.54) is 118 Å². The maximum absolute atomic E-state index is 7.12. The lowest BCUT2D eigenvalue weighted by atomic mass is 9.59. The molecule has 2 N–H and O–H groups in total. The maximum Gasteiger partial charge on any atom is 0.0438 e. The number of aryl methyl sites for hydroxylation is 4. The van der Waals surface area contributed by atoms with Crippen molar-refractivity contribution in [3.8, 4) is 0 Å². The van der Waals surface area contributed by atoms with Gasteiger partial charge >= 0.3 is 0 Å². The molecule has 0 aromatic heterocycles. The Bertz CT molecular complexity index is 3080. The summed E-state index contributed by atoms with van der Waals surface area (Å²) in [6.07, 6.45) is 9.75. The number of nitrogens with two attached hydrogens (primary N) is 1. The van der Waals surface area contributed by atoms with E-state index in [9.17, 15) is 0 Å². The second-order valence-corrected chi connectivity index (χ2v) is 19.7. The van der Waals surface area contributed by atoms with Gasteiger partial charge in [-0.3, -0.25) is 0 Å². The van der Waals surface area contributed by atoms with Gasteiger partial charge in [-0.1, -0.05) is 291 Å². The molecule has 0 saturated heterocycles. The summed E-state index contributed by atoms with van der Waals surface area (Å²) in [6.45, 7) is 36.1. The minimum Gasteiger partial charge on any atom is -0.324 e. The molecule has 77 heavy (non-hydrogen) atoms. The van der Waals surface area contributed by atoms with Gasteiger partial charge in [0.2, 0.25) is 0 Å². The molecule has 7 aromatic carbocycles. The van der Waals surface area contributed by atoms with Crippen LogP contribution < -0.4 is 5.73 Å². The normalized spacial score (nSPS) is 15.3. The average molecular weight is 1020 g/mol. The van der Waals surface area contributed by atoms with Crippen LogP contribution in [0.2, 0.25) is 0 Å². The van der Waals surface area contributed by atoms with Crippen molar-refractivity contribution < 1.29 is 0 Å². The van der Waals surface area contributed by atoms with Crippen LogP contribution in [0.1, 0.15) is 177 Å². The van der Waals surface area contributed by atoms with Crippen LogP contribution in [0.4, 0.5) is 0 Å². The smallest absolute Gasteiger partial charge is 0.0438 e. The van der Waals surface area contributed by atoms with Gasteiger partial charge in [0, 0.05) is 11.5 Å². The maximum atomic E-state index is 7.12. The molecule has 2 atom stereocenters. The number of hydrogen-bond acceptors (Lipinski definition) is 1. The highest BCUT2D eigenvalue weighted by molar-refractivity contribution is 6.23. The minimum absolute atomic E-state index is 0.155. The lowest BCUT2D eigenvalue weighted by Crippen LogP contribution is -2.34. The first-order chi connectivity index (χ1) is 37.3. The molecule has 0 fully saturated rings. The molecule has 1 aliphatic carbocycles. The van der Waals surface area contributed by atoms with Gasteiger partial charge in [0.25, 0.3) is 0 Å². The van der Waals surface area contributed by atoms with Gasteiger partial charge in [0.15, 0.2) is 0 Å². The fourth-order valence-electron chi connectivity index (χ4n) is 10.1. The summed E-state index contributed by atoms with van der Waals surface area (Å²) >= 11 is 0. The monoisotopic (exact) mass is 1020 g/mol. The summed E-state index contributed by atoms with van der Waals surface area (Å²) in [5.41, 5.74) is 32.4. The fraction of sp³-hybridized carbons (Fsp3) is 0.289. The van der Waals surface area contributed by atoms with Crippen molar-refractivity contribution in [2.45, 2.75) is 148 Å². The van der Waals surface area contributed by atoms with Crippen LogP contribution in [0.3, 0.4) is 0 Å². The molecule has 7 aromatic rings. The van der Waals surface area contributed by atoms with Gasteiger partial charge < -0.3 is 5.73 Å². The van der Waals surface area contributed by atoms with Crippen molar-refractivity contribution in [1.29, 1.82) is 0 Å². The molecule has 1 unspecified atom stereocenters. The van der Waals surface area contributed by atoms with Crippen molar-refractivity contribution in [2.24, 2.45) is 5.73 Å². The highest BCUT2D eigenvalue weighted by Crippen LogP contribution is 2.57. The standard InChI is InChI=1S/C67H67N.C3H8.3C2H6/c1-10-45(3)28-43-60(53-37-29-51(11-2)30-38-53)64(55-18-14-12-15-19-55)63(49(7)52-31-22-46(4)23-32-52)56-39-41-58(42-40-56)66-62(54-33-24-47(5)25-34-54)44-61(50(8)68)65(57-35-26-48(6)27-36-57)67(66,9)59-20-16-13-17-21-59;1-3-2;3*1-2/h10,12-43,50H,11,44,68H2,1-9H3;3H2,1-2H3;3*1-2H3/b43-28+,45-10+,63-49+,64-60+;;;;/t50-,67?;;;;/m1..../s1. The third kappa shape index (κ3) is 15.3. The lowest BCUT2D eigenvalue weighted by molar-refractivity contribution is 0.746. The van der Waals surface area contributed by atoms with Crippen molar-refractivity contribution >= 4 is 39.0 Å². The van der Waals surface area contributed by atoms with E-state index in [0.29, 0.717) is 0 Å². The van der Waals surface area contributed by atoms with Gasteiger partial charge in [-0.25, -0.2) is 0 Å². The first kappa shape index (κ1) is 62.5. The summed E-state index contributed by atoms with van der Waals surface area (Å²) in [5.74, 6) is 0. The third-order valence-corrected chi connectivity index (χ3v) is 14.2. The Hall–Kier alpha value is -7.06. The van der Waals surface area contributed by atoms with Gasteiger partial charge in [-0.15, -0.1) is 0 Å². The van der Waals surface area contributed by atoms with E-state index in [0.717, 1.165) is 18.4 Å². The highest BCUT2D eigenvalue weighted by Gasteiger charge is 2.44. The zero-order chi connectivity index (χ0) is 56.7. The van der Waals surface area contributed by atoms with E-state index in [2.05, 4.69) is 276 Å². The minimum atomic E-state index is -0.557. The van der Waals surface area contributed by atoms with Crippen molar-refractivity contribution in [3.05, 3.63) is 278 Å². The largest absolute Gasteiger partial charge is 0.324 e. The summed E-state index contributed by atoms with van der Waals surface area (Å²) in [5, 5.41) is 0. The van der Waals surface area contributed by atoms with E-state index in [-0.39, 0.29) is 6.04 Å². The van der Waals surface area contributed by atoms with Crippen molar-refractivity contribution in [3.63, 3.8) is 0 Å². The van der Waals surface area contributed by atoms with Crippen LogP contribution in [0.25, 0.3) is 39.0 Å². The van der Waals surface area contributed by atoms with Crippen LogP contribution in [0.15, 0.2) is 211 Å². The van der Waals surface area contributed by atoms with Gasteiger partial charge in [-0.2, -0.15) is 0 Å². The molecule has 0 bridgehead atoms. The van der Waals surface area contributed by atoms with Gasteiger partial charge in [-0.05, 0) is 163 Å². The van der Waals surface area contributed by atoms with Crippen molar-refractivity contribution in [2.75, 3.05) is 0 Å². The third-order valence-electron chi connectivity index (χ3n) is 14.2. The van der Waals surface area contributed by atoms with Crippen LogP contribution in [0, 0.1) is 20.8 Å². The molecule has 1 heteroatoms. The SMILES string of the molecule is C/C=C(C)/C=C/C(=C(\C(=C(/C)c1ccc(C)cc1)c1ccc(C2=C(c3ccc(C)cc3)CC([C@@H](C)N)=C(c3ccc(C)cc3)C2(C)c2ccccc2)cc1)c1ccccc1)c1ccc(CC)cc1.CC.CC.CC.CCC. The molecule has 402 valence electrons. The number of hydrogen-bond donors (Lipinski definition) is 1. The average Bonchev–Trinajstić information content (AvgIpc) is 3.50. The number of rotatable bonds is 13. The first-order valence-electron chi connectivity index (χ1n) is 28.8. The van der Waals surface area contributed by atoms with Crippen LogP contribution in [-0.4, -0.2) is 6.04 Å². The molecule has 0 saturated carbocycles. The summed E-state index contributed by atoms with van der Waals surface area (Å²) < 4.78 is 0. The molecule has 0 aliphatic heterocycles. The Kier molecular flexibility index (Phi) is 25.3. The van der Waals surface area contributed by atoms with E-state index >= 15 is 0 Å². The molecular weight excluding hydrogens is 927 g/mol. The molecule has 1 aliphatic rings. The fourth-order valence-corrected chi connectivity index (χ4v) is 10.1. The predicted octanol–water partition coefficient (Wildman–Crippen LogP) is 21.8. The molecule has 0 spiro atoms. The van der Waals surface area contributed by atoms with E-state index in [1.807, 2.05) is 41.5 Å². The van der Waals surface area contributed by atoms with Gasteiger partial charge in [0.05, 0.1) is 0 Å². The number of benzene rings is 7. The Morgan fingerprint density at radius 3 is 1.40 bits per heavy atom. The second kappa shape index (κ2) is 31.2. The topological polar surface area (TPSA) is 26.0 Å². The van der Waals surface area contributed by atoms with Gasteiger partial charge in [0.1, 0.15) is 0 Å². The Morgan fingerprint density at radius 2 is 0.922 bits per heavy atom. The number of allylic oxidation sites excluding steroid dienone is 11. The Balaban J connectivity index is 0.00000134. The van der Waals surface area contributed by atoms with Crippen LogP contribution in [-0.2, 0) is 11.8 Å². The van der Waals surface area contributed by atoms with Crippen LogP contribution >= 0.6 is 0 Å². The van der Waals surface area contributed by atoms with E-state index in [1.54, 1.807) is 0 Å². The summed E-state index contributed by atoms with van der Waals surface area (Å²) in [4.78, 5) is 0. The highest BCUT2D eigenvalue weighted by atomic mass is 14.6. The zero-order valence-corrected chi connectivity index (χ0v) is 50.3. The molecule has 8 rings (SSSR count). The predicted molar refractivity (Wildman–Crippen MR) is 346 cm³/mol. The molecule has 1 nitrogen and oxygen atoms in total. The Labute approximate surface area is 468 Å². The van der Waals surface area contributed by atoms with E-state index < -0.39 is 5.41 Å². The molecule has 0 amide bonds. The zero-order valence-electron chi connectivity index (χ0n) is 50.3. The quantitative estimate of drug-likeness (QED) is 0.0904. The second-order valence-electron chi connectivity index (χ2n) is 19.7. The summed E-state index contributed by atoms with van der Waals surface area (Å²) in [6, 6.07) is 67.8.